The van der Waals surface area contributed by atoms with Crippen molar-refractivity contribution in [2.24, 2.45) is 0 Å². The van der Waals surface area contributed by atoms with E-state index in [4.69, 9.17) is 9.47 Å². The topological polar surface area (TPSA) is 50.8 Å². The van der Waals surface area contributed by atoms with Crippen molar-refractivity contribution in [1.29, 1.82) is 0 Å². The standard InChI is InChI=1S/C22H24BrF3N2O3.ClH/c1-30-19-6-2-4-15(12-19)16-5-3-11-28(13-16)14-20(22(24,25)26)31-21(29)27-18-9-7-17(23)8-10-18;/h2,4,6-10,12,16,20H,3,5,11,13-14H2,1H3,(H,27,29);1H/t16?,20-;/m0./s1. The summed E-state index contributed by atoms with van der Waals surface area (Å²) >= 11 is 3.26. The SMILES string of the molecule is COc1cccc(C2CCCN(C[C@H](OC(=O)Nc3ccc(Br)cc3)C(F)(F)F)C2)c1.Cl. The number of halogens is 5. The summed E-state index contributed by atoms with van der Waals surface area (Å²) < 4.78 is 51.6. The van der Waals surface area contributed by atoms with Gasteiger partial charge in [-0.25, -0.2) is 4.79 Å². The smallest absolute Gasteiger partial charge is 0.426 e. The highest BCUT2D eigenvalue weighted by atomic mass is 79.9. The Morgan fingerprint density at radius 2 is 1.97 bits per heavy atom. The molecular formula is C22H25BrClF3N2O3. The van der Waals surface area contributed by atoms with Crippen molar-refractivity contribution in [3.63, 3.8) is 0 Å². The number of alkyl halides is 3. The zero-order chi connectivity index (χ0) is 22.4. The molecule has 1 unspecified atom stereocenters. The number of carbonyl (C=O) groups is 1. The molecule has 176 valence electrons. The maximum atomic E-state index is 13.6. The third-order valence-corrected chi connectivity index (χ3v) is 5.73. The van der Waals surface area contributed by atoms with Gasteiger partial charge in [-0.1, -0.05) is 28.1 Å². The van der Waals surface area contributed by atoms with Gasteiger partial charge in [-0.3, -0.25) is 10.2 Å². The fourth-order valence-corrected chi connectivity index (χ4v) is 3.91. The first kappa shape index (κ1) is 26.3. The fourth-order valence-electron chi connectivity index (χ4n) is 3.64. The van der Waals surface area contributed by atoms with Crippen LogP contribution in [-0.2, 0) is 4.74 Å². The molecule has 32 heavy (non-hydrogen) atoms. The highest BCUT2D eigenvalue weighted by Gasteiger charge is 2.44. The van der Waals surface area contributed by atoms with E-state index in [1.165, 1.54) is 0 Å². The summed E-state index contributed by atoms with van der Waals surface area (Å²) in [6.07, 6.45) is -6.37. The molecule has 1 saturated heterocycles. The quantitative estimate of drug-likeness (QED) is 0.474. The van der Waals surface area contributed by atoms with Gasteiger partial charge in [-0.2, -0.15) is 13.2 Å². The molecule has 1 aliphatic rings. The molecule has 10 heteroatoms. The predicted octanol–water partition coefficient (Wildman–Crippen LogP) is 6.24. The van der Waals surface area contributed by atoms with E-state index >= 15 is 0 Å². The van der Waals surface area contributed by atoms with Gasteiger partial charge in [0.2, 0.25) is 6.10 Å². The molecule has 1 aliphatic heterocycles. The van der Waals surface area contributed by atoms with E-state index < -0.39 is 24.9 Å². The van der Waals surface area contributed by atoms with E-state index in [1.54, 1.807) is 36.3 Å². The van der Waals surface area contributed by atoms with Gasteiger partial charge >= 0.3 is 12.3 Å². The lowest BCUT2D eigenvalue weighted by molar-refractivity contribution is -0.207. The van der Waals surface area contributed by atoms with Crippen molar-refractivity contribution >= 4 is 40.1 Å². The van der Waals surface area contributed by atoms with Crippen LogP contribution < -0.4 is 10.1 Å². The van der Waals surface area contributed by atoms with Gasteiger partial charge in [0.25, 0.3) is 0 Å². The first-order valence-corrected chi connectivity index (χ1v) is 10.7. The number of piperidine rings is 1. The summed E-state index contributed by atoms with van der Waals surface area (Å²) in [7, 11) is 1.58. The molecule has 1 amide bonds. The number of nitrogens with zero attached hydrogens (tertiary/aromatic N) is 1. The monoisotopic (exact) mass is 536 g/mol. The van der Waals surface area contributed by atoms with Crippen LogP contribution in [0.25, 0.3) is 0 Å². The third-order valence-electron chi connectivity index (χ3n) is 5.20. The average Bonchev–Trinajstić information content (AvgIpc) is 2.74. The van der Waals surface area contributed by atoms with Crippen molar-refractivity contribution in [2.75, 3.05) is 32.1 Å². The zero-order valence-electron chi connectivity index (χ0n) is 17.4. The Balaban J connectivity index is 0.00000363. The Morgan fingerprint density at radius 1 is 1.25 bits per heavy atom. The van der Waals surface area contributed by atoms with Crippen molar-refractivity contribution in [1.82, 2.24) is 4.90 Å². The van der Waals surface area contributed by atoms with Crippen LogP contribution >= 0.6 is 28.3 Å². The Kier molecular flexibility index (Phi) is 9.66. The number of likely N-dealkylation sites (tertiary alicyclic amines) is 1. The summed E-state index contributed by atoms with van der Waals surface area (Å²) in [5, 5.41) is 2.34. The van der Waals surface area contributed by atoms with Gasteiger partial charge < -0.3 is 9.47 Å². The van der Waals surface area contributed by atoms with Crippen LogP contribution in [0.15, 0.2) is 53.0 Å². The number of methoxy groups -OCH3 is 1. The molecule has 0 saturated carbocycles. The fraction of sp³-hybridized carbons (Fsp3) is 0.409. The Hall–Kier alpha value is -1.97. The molecule has 0 bridgehead atoms. The number of rotatable bonds is 6. The number of hydrogen-bond donors (Lipinski definition) is 1. The summed E-state index contributed by atoms with van der Waals surface area (Å²) in [5.41, 5.74) is 1.38. The number of nitrogens with one attached hydrogen (secondary N) is 1. The van der Waals surface area contributed by atoms with Crippen LogP contribution in [0.4, 0.5) is 23.7 Å². The Bertz CT molecular complexity index is 883. The van der Waals surface area contributed by atoms with Crippen LogP contribution in [0.1, 0.15) is 24.3 Å². The number of carbonyl (C=O) groups excluding carboxylic acids is 1. The van der Waals surface area contributed by atoms with Crippen LogP contribution in [0, 0.1) is 0 Å². The molecule has 0 aromatic heterocycles. The minimum Gasteiger partial charge on any atom is -0.497 e. The Morgan fingerprint density at radius 3 is 2.62 bits per heavy atom. The normalized spacial score (nSPS) is 17.7. The summed E-state index contributed by atoms with van der Waals surface area (Å²) in [4.78, 5) is 13.8. The molecule has 1 fully saturated rings. The minimum absolute atomic E-state index is 0. The lowest BCUT2D eigenvalue weighted by Crippen LogP contribution is -2.47. The van der Waals surface area contributed by atoms with Gasteiger partial charge in [0.1, 0.15) is 5.75 Å². The summed E-state index contributed by atoms with van der Waals surface area (Å²) in [6, 6.07) is 14.1. The highest BCUT2D eigenvalue weighted by Crippen LogP contribution is 2.31. The van der Waals surface area contributed by atoms with Crippen molar-refractivity contribution in [3.8, 4) is 5.75 Å². The van der Waals surface area contributed by atoms with E-state index in [2.05, 4.69) is 21.2 Å². The molecule has 1 heterocycles. The third kappa shape index (κ3) is 7.56. The molecule has 2 atom stereocenters. The van der Waals surface area contributed by atoms with E-state index in [1.807, 2.05) is 24.3 Å². The number of amides is 1. The molecular weight excluding hydrogens is 513 g/mol. The molecule has 5 nitrogen and oxygen atoms in total. The number of hydrogen-bond acceptors (Lipinski definition) is 4. The Labute approximate surface area is 199 Å². The predicted molar refractivity (Wildman–Crippen MR) is 123 cm³/mol. The summed E-state index contributed by atoms with van der Waals surface area (Å²) in [5.74, 6) is 0.810. The van der Waals surface area contributed by atoms with Crippen LogP contribution in [0.2, 0.25) is 0 Å². The number of ether oxygens (including phenoxy) is 2. The van der Waals surface area contributed by atoms with Gasteiger partial charge in [0.15, 0.2) is 0 Å². The number of benzene rings is 2. The van der Waals surface area contributed by atoms with E-state index in [0.717, 1.165) is 28.6 Å². The maximum Gasteiger partial charge on any atom is 0.426 e. The zero-order valence-corrected chi connectivity index (χ0v) is 19.8. The second-order valence-corrected chi connectivity index (χ2v) is 8.36. The molecule has 0 radical (unpaired) electrons. The first-order valence-electron chi connectivity index (χ1n) is 9.91. The van der Waals surface area contributed by atoms with Crippen LogP contribution in [0.5, 0.6) is 5.75 Å². The molecule has 3 rings (SSSR count). The van der Waals surface area contributed by atoms with Gasteiger partial charge in [0, 0.05) is 23.2 Å². The molecule has 2 aromatic rings. The first-order chi connectivity index (χ1) is 14.7. The van der Waals surface area contributed by atoms with Crippen molar-refractivity contribution < 1.29 is 27.4 Å². The number of anilines is 1. The molecule has 0 spiro atoms. The second kappa shape index (κ2) is 11.8. The molecule has 2 aromatic carbocycles. The van der Waals surface area contributed by atoms with E-state index in [-0.39, 0.29) is 18.3 Å². The largest absolute Gasteiger partial charge is 0.497 e. The minimum atomic E-state index is -4.67. The van der Waals surface area contributed by atoms with Gasteiger partial charge in [-0.15, -0.1) is 12.4 Å². The van der Waals surface area contributed by atoms with Gasteiger partial charge in [-0.05, 0) is 67.3 Å². The van der Waals surface area contributed by atoms with Gasteiger partial charge in [0.05, 0.1) is 7.11 Å². The van der Waals surface area contributed by atoms with Crippen molar-refractivity contribution in [3.05, 3.63) is 58.6 Å². The molecule has 0 aliphatic carbocycles. The lowest BCUT2D eigenvalue weighted by atomic mass is 9.90. The molecule has 1 N–H and O–H groups in total. The van der Waals surface area contributed by atoms with E-state index in [0.29, 0.717) is 18.8 Å². The van der Waals surface area contributed by atoms with E-state index in [9.17, 15) is 18.0 Å². The van der Waals surface area contributed by atoms with Crippen LogP contribution in [-0.4, -0.2) is 50.0 Å². The maximum absolute atomic E-state index is 13.6. The highest BCUT2D eigenvalue weighted by molar-refractivity contribution is 9.10. The second-order valence-electron chi connectivity index (χ2n) is 7.44. The average molecular weight is 538 g/mol. The summed E-state index contributed by atoms with van der Waals surface area (Å²) in [6.45, 7) is 0.569. The van der Waals surface area contributed by atoms with Crippen molar-refractivity contribution in [2.45, 2.75) is 31.0 Å². The van der Waals surface area contributed by atoms with Crippen LogP contribution in [0.3, 0.4) is 0 Å². The lowest BCUT2D eigenvalue weighted by Gasteiger charge is -2.35.